The van der Waals surface area contributed by atoms with Crippen molar-refractivity contribution in [2.24, 2.45) is 0 Å². The topological polar surface area (TPSA) is 50.9 Å². The predicted octanol–water partition coefficient (Wildman–Crippen LogP) is 0.448. The number of hydrogen-bond acceptors (Lipinski definition) is 4. The Morgan fingerprint density at radius 3 is 3.33 bits per heavy atom. The first-order valence-electron chi connectivity index (χ1n) is 3.99. The van der Waals surface area contributed by atoms with E-state index in [1.165, 1.54) is 5.75 Å². The molecule has 1 aliphatic rings. The fourth-order valence-electron chi connectivity index (χ4n) is 1.43. The van der Waals surface area contributed by atoms with E-state index in [1.54, 1.807) is 6.33 Å². The van der Waals surface area contributed by atoms with Crippen LogP contribution in [0.5, 0.6) is 0 Å². The van der Waals surface area contributed by atoms with E-state index < -0.39 is 0 Å². The minimum atomic E-state index is -0.0127. The second-order valence-electron chi connectivity index (χ2n) is 2.83. The Kier molecular flexibility index (Phi) is 2.32. The Morgan fingerprint density at radius 2 is 2.67 bits per heavy atom. The van der Waals surface area contributed by atoms with Crippen LogP contribution in [0.3, 0.4) is 0 Å². The van der Waals surface area contributed by atoms with Crippen molar-refractivity contribution >= 4 is 11.8 Å². The largest absolute Gasteiger partial charge is 0.388 e. The van der Waals surface area contributed by atoms with Gasteiger partial charge in [-0.05, 0) is 12.2 Å². The zero-order valence-corrected chi connectivity index (χ0v) is 7.50. The Labute approximate surface area is 75.0 Å². The van der Waals surface area contributed by atoms with Crippen molar-refractivity contribution in [3.05, 3.63) is 12.2 Å². The van der Waals surface area contributed by atoms with Crippen molar-refractivity contribution in [2.75, 3.05) is 11.5 Å². The van der Waals surface area contributed by atoms with Crippen LogP contribution in [0, 0.1) is 0 Å². The number of rotatable bonds is 2. The third-order valence-corrected chi connectivity index (χ3v) is 3.23. The van der Waals surface area contributed by atoms with E-state index in [9.17, 15) is 0 Å². The molecule has 1 unspecified atom stereocenters. The molecule has 5 heteroatoms. The molecule has 1 fully saturated rings. The standard InChI is InChI=1S/C7H11N3OS/c11-3-7-9-8-5-10(7)6-1-2-12-4-6/h5-6,11H,1-4H2. The highest BCUT2D eigenvalue weighted by Crippen LogP contribution is 2.28. The molecule has 1 N–H and O–H groups in total. The number of aromatic nitrogens is 3. The van der Waals surface area contributed by atoms with Crippen LogP contribution in [-0.2, 0) is 6.61 Å². The molecule has 4 nitrogen and oxygen atoms in total. The van der Waals surface area contributed by atoms with Gasteiger partial charge in [-0.25, -0.2) is 0 Å². The summed E-state index contributed by atoms with van der Waals surface area (Å²) in [6.45, 7) is -0.0127. The molecular formula is C7H11N3OS. The summed E-state index contributed by atoms with van der Waals surface area (Å²) in [5, 5.41) is 16.6. The number of aliphatic hydroxyl groups excluding tert-OH is 1. The van der Waals surface area contributed by atoms with Gasteiger partial charge >= 0.3 is 0 Å². The first-order valence-corrected chi connectivity index (χ1v) is 5.14. The highest BCUT2D eigenvalue weighted by molar-refractivity contribution is 7.99. The normalized spacial score (nSPS) is 23.2. The van der Waals surface area contributed by atoms with Gasteiger partial charge in [0.25, 0.3) is 0 Å². The van der Waals surface area contributed by atoms with E-state index in [-0.39, 0.29) is 6.61 Å². The van der Waals surface area contributed by atoms with Crippen molar-refractivity contribution in [1.82, 2.24) is 14.8 Å². The van der Waals surface area contributed by atoms with E-state index >= 15 is 0 Å². The summed E-state index contributed by atoms with van der Waals surface area (Å²) in [6.07, 6.45) is 2.87. The van der Waals surface area contributed by atoms with Gasteiger partial charge in [0, 0.05) is 11.8 Å². The van der Waals surface area contributed by atoms with Crippen LogP contribution >= 0.6 is 11.8 Å². The van der Waals surface area contributed by atoms with Crippen LogP contribution in [0.2, 0.25) is 0 Å². The average Bonchev–Trinajstić information content (AvgIpc) is 2.74. The molecule has 0 aliphatic carbocycles. The Hall–Kier alpha value is -0.550. The minimum Gasteiger partial charge on any atom is -0.388 e. The quantitative estimate of drug-likeness (QED) is 0.726. The molecule has 0 amide bonds. The Balaban J connectivity index is 2.19. The lowest BCUT2D eigenvalue weighted by Crippen LogP contribution is -2.10. The van der Waals surface area contributed by atoms with Crippen LogP contribution in [0.25, 0.3) is 0 Å². The lowest BCUT2D eigenvalue weighted by molar-refractivity contribution is 0.261. The van der Waals surface area contributed by atoms with Gasteiger partial charge < -0.3 is 9.67 Å². The summed E-state index contributed by atoms with van der Waals surface area (Å²) in [6, 6.07) is 0.493. The first-order chi connectivity index (χ1) is 5.92. The van der Waals surface area contributed by atoms with Crippen LogP contribution < -0.4 is 0 Å². The van der Waals surface area contributed by atoms with Crippen LogP contribution in [-0.4, -0.2) is 31.4 Å². The molecule has 0 saturated carbocycles. The lowest BCUT2D eigenvalue weighted by atomic mass is 10.2. The highest BCUT2D eigenvalue weighted by Gasteiger charge is 2.19. The second kappa shape index (κ2) is 3.45. The maximum atomic E-state index is 8.94. The van der Waals surface area contributed by atoms with E-state index in [4.69, 9.17) is 5.11 Å². The number of hydrogen-bond donors (Lipinski definition) is 1. The fraction of sp³-hybridized carbons (Fsp3) is 0.714. The second-order valence-corrected chi connectivity index (χ2v) is 3.98. The monoisotopic (exact) mass is 185 g/mol. The molecule has 12 heavy (non-hydrogen) atoms. The molecular weight excluding hydrogens is 174 g/mol. The molecule has 66 valence electrons. The first kappa shape index (κ1) is 8.07. The van der Waals surface area contributed by atoms with Gasteiger partial charge in [0.05, 0.1) is 0 Å². The minimum absolute atomic E-state index is 0.0127. The molecule has 1 atom stereocenters. The van der Waals surface area contributed by atoms with Gasteiger partial charge in [-0.2, -0.15) is 11.8 Å². The summed E-state index contributed by atoms with van der Waals surface area (Å²) >= 11 is 1.94. The van der Waals surface area contributed by atoms with Crippen molar-refractivity contribution < 1.29 is 5.11 Å². The van der Waals surface area contributed by atoms with Crippen LogP contribution in [0.4, 0.5) is 0 Å². The Bertz CT molecular complexity index is 257. The van der Waals surface area contributed by atoms with E-state index in [2.05, 4.69) is 10.2 Å². The molecule has 1 aliphatic heterocycles. The molecule has 2 rings (SSSR count). The third kappa shape index (κ3) is 1.34. The lowest BCUT2D eigenvalue weighted by Gasteiger charge is -2.10. The van der Waals surface area contributed by atoms with Crippen molar-refractivity contribution in [2.45, 2.75) is 19.1 Å². The molecule has 0 aromatic carbocycles. The summed E-state index contributed by atoms with van der Waals surface area (Å²) in [5.41, 5.74) is 0. The number of nitrogens with zero attached hydrogens (tertiary/aromatic N) is 3. The SMILES string of the molecule is OCc1nncn1C1CCSC1. The van der Waals surface area contributed by atoms with Crippen LogP contribution in [0.15, 0.2) is 6.33 Å². The van der Waals surface area contributed by atoms with Crippen LogP contribution in [0.1, 0.15) is 18.3 Å². The average molecular weight is 185 g/mol. The third-order valence-electron chi connectivity index (χ3n) is 2.09. The zero-order chi connectivity index (χ0) is 8.39. The molecule has 0 bridgehead atoms. The maximum absolute atomic E-state index is 8.94. The van der Waals surface area contributed by atoms with Gasteiger partial charge in [-0.3, -0.25) is 0 Å². The van der Waals surface area contributed by atoms with Crippen molar-refractivity contribution in [3.8, 4) is 0 Å². The van der Waals surface area contributed by atoms with Gasteiger partial charge in [0.1, 0.15) is 12.9 Å². The van der Waals surface area contributed by atoms with Gasteiger partial charge in [0.15, 0.2) is 5.82 Å². The highest BCUT2D eigenvalue weighted by atomic mass is 32.2. The molecule has 1 aromatic heterocycles. The molecule has 0 radical (unpaired) electrons. The van der Waals surface area contributed by atoms with E-state index in [1.807, 2.05) is 16.3 Å². The maximum Gasteiger partial charge on any atom is 0.158 e. The molecule has 2 heterocycles. The molecule has 1 saturated heterocycles. The zero-order valence-electron chi connectivity index (χ0n) is 6.68. The van der Waals surface area contributed by atoms with Gasteiger partial charge in [-0.1, -0.05) is 0 Å². The Morgan fingerprint density at radius 1 is 1.75 bits per heavy atom. The summed E-state index contributed by atoms with van der Waals surface area (Å²) < 4.78 is 1.99. The summed E-state index contributed by atoms with van der Waals surface area (Å²) in [7, 11) is 0. The summed E-state index contributed by atoms with van der Waals surface area (Å²) in [5.74, 6) is 3.00. The molecule has 1 aromatic rings. The predicted molar refractivity (Wildman–Crippen MR) is 46.9 cm³/mol. The van der Waals surface area contributed by atoms with E-state index in [0.29, 0.717) is 11.9 Å². The smallest absolute Gasteiger partial charge is 0.158 e. The van der Waals surface area contributed by atoms with Gasteiger partial charge in [-0.15, -0.1) is 10.2 Å². The van der Waals surface area contributed by atoms with Crippen molar-refractivity contribution in [1.29, 1.82) is 0 Å². The fourth-order valence-corrected chi connectivity index (χ4v) is 2.63. The summed E-state index contributed by atoms with van der Waals surface area (Å²) in [4.78, 5) is 0. The van der Waals surface area contributed by atoms with E-state index in [0.717, 1.165) is 12.2 Å². The van der Waals surface area contributed by atoms with Crippen molar-refractivity contribution in [3.63, 3.8) is 0 Å². The molecule has 0 spiro atoms. The number of aliphatic hydroxyl groups is 1. The van der Waals surface area contributed by atoms with Gasteiger partial charge in [0.2, 0.25) is 0 Å². The number of thioether (sulfide) groups is 1.